The molecule has 0 atom stereocenters. The van der Waals surface area contributed by atoms with Crippen molar-refractivity contribution in [3.05, 3.63) is 85.0 Å². The summed E-state index contributed by atoms with van der Waals surface area (Å²) in [4.78, 5) is 23.9. The molecule has 0 aliphatic carbocycles. The van der Waals surface area contributed by atoms with Crippen molar-refractivity contribution in [1.29, 1.82) is 0 Å². The zero-order chi connectivity index (χ0) is 56.6. The second-order valence-electron chi connectivity index (χ2n) is 27.3. The lowest BCUT2D eigenvalue weighted by Gasteiger charge is -2.58. The summed E-state index contributed by atoms with van der Waals surface area (Å²) in [6.07, 6.45) is 1.60. The van der Waals surface area contributed by atoms with E-state index in [1.54, 1.807) is 13.8 Å². The van der Waals surface area contributed by atoms with Gasteiger partial charge in [-0.2, -0.15) is 0 Å². The number of ether oxygens (including phenoxy) is 2. The van der Waals surface area contributed by atoms with Crippen LogP contribution in [0.2, 0.25) is 133 Å². The molecule has 0 saturated carbocycles. The number of carbonyl (C=O) groups excluding carboxylic acids is 2. The minimum Gasteiger partial charge on any atom is -0.462 e. The van der Waals surface area contributed by atoms with E-state index in [0.29, 0.717) is 24.4 Å². The molecule has 416 valence electrons. The molecule has 0 radical (unpaired) electrons. The molecule has 0 saturated heterocycles. The van der Waals surface area contributed by atoms with Crippen molar-refractivity contribution in [1.82, 2.24) is 0 Å². The van der Waals surface area contributed by atoms with Crippen LogP contribution in [0.1, 0.15) is 82.1 Å². The topological polar surface area (TPSA) is 98.8 Å². The Balaban J connectivity index is 2.48. The van der Waals surface area contributed by atoms with Gasteiger partial charge in [0.15, 0.2) is 49.9 Å². The molecule has 0 N–H and O–H groups in total. The highest BCUT2D eigenvalue weighted by atomic mass is 28.4. The van der Waals surface area contributed by atoms with Gasteiger partial charge in [0, 0.05) is 21.4 Å². The molecule has 73 heavy (non-hydrogen) atoms. The summed E-state index contributed by atoms with van der Waals surface area (Å²) in [7, 11) is -18.5. The first-order chi connectivity index (χ1) is 32.8. The molecule has 2 rings (SSSR count). The highest BCUT2D eigenvalue weighted by Crippen LogP contribution is 2.53. The fourth-order valence-corrected chi connectivity index (χ4v) is 48.5. The van der Waals surface area contributed by atoms with Gasteiger partial charge in [-0.3, -0.25) is 0 Å². The molecule has 17 heteroatoms. The molecule has 0 aliphatic heterocycles. The molecule has 0 fully saturated rings. The van der Waals surface area contributed by atoms with Gasteiger partial charge < -0.3 is 31.0 Å². The summed E-state index contributed by atoms with van der Waals surface area (Å²) >= 11 is 0. The maximum absolute atomic E-state index is 12.0. The summed E-state index contributed by atoms with van der Waals surface area (Å²) in [6.45, 7) is 63.6. The first kappa shape index (κ1) is 67.5. The second kappa shape index (κ2) is 25.5. The number of hydrogen-bond donors (Lipinski definition) is 0. The van der Waals surface area contributed by atoms with Crippen LogP contribution in [0.5, 0.6) is 0 Å². The first-order valence-corrected chi connectivity index (χ1v) is 50.7. The quantitative estimate of drug-likeness (QED) is 0.0307. The monoisotopic (exact) mass is 1150 g/mol. The molecule has 0 amide bonds. The highest BCUT2D eigenvalue weighted by molar-refractivity contribution is 7.00. The van der Waals surface area contributed by atoms with Crippen LogP contribution in [-0.2, 0) is 40.6 Å². The zero-order valence-electron chi connectivity index (χ0n) is 50.9. The van der Waals surface area contributed by atoms with Crippen molar-refractivity contribution in [2.75, 3.05) is 13.2 Å². The Morgan fingerprint density at radius 3 is 1.16 bits per heavy atom. The Hall–Kier alpha value is -1.60. The molecule has 2 aromatic carbocycles. The van der Waals surface area contributed by atoms with Crippen molar-refractivity contribution >= 4 is 88.6 Å². The van der Waals surface area contributed by atoms with Crippen LogP contribution in [0, 0.1) is 0 Å². The Morgan fingerprint density at radius 2 is 0.795 bits per heavy atom. The van der Waals surface area contributed by atoms with Gasteiger partial charge in [0.25, 0.3) is 8.32 Å². The average molecular weight is 1150 g/mol. The van der Waals surface area contributed by atoms with E-state index in [1.807, 2.05) is 0 Å². The van der Waals surface area contributed by atoms with Gasteiger partial charge in [-0.15, -0.1) is 0 Å². The summed E-state index contributed by atoms with van der Waals surface area (Å²) < 4.78 is 48.9. The third kappa shape index (κ3) is 19.4. The number of carbonyl (C=O) groups is 2. The molecule has 0 unspecified atom stereocenters. The standard InChI is InChI=1S/C56H106O9Si8/c1-47(2)51(57)59-39-33-41-68(17,18)64-70(21,22)44-43-66(13,14)55(9,10)63-72(25,26)54(7,8)53(5,6)61-73(49-35-29-27-30-36-49,50-37-31-28-32-38-50)56(11,12)62-67(15,16)45-46-71(23,24)65-69(19,20)42-34-40-60-52(58)48(3)4/h27-32,35-38H,1,3,33-34,39-46H2,2,4-26H3. The van der Waals surface area contributed by atoms with Crippen molar-refractivity contribution in [2.45, 2.75) is 231 Å². The van der Waals surface area contributed by atoms with E-state index < -0.39 is 77.1 Å². The average Bonchev–Trinajstić information content (AvgIpc) is 3.23. The van der Waals surface area contributed by atoms with Crippen LogP contribution in [0.4, 0.5) is 0 Å². The number of esters is 2. The lowest BCUT2D eigenvalue weighted by atomic mass is 9.94. The molecule has 0 heterocycles. The number of benzene rings is 2. The molecular weight excluding hydrogens is 1040 g/mol. The summed E-state index contributed by atoms with van der Waals surface area (Å²) in [5, 5.41) is 1.02. The van der Waals surface area contributed by atoms with Crippen molar-refractivity contribution in [3.8, 4) is 0 Å². The van der Waals surface area contributed by atoms with Crippen LogP contribution in [-0.4, -0.2) is 107 Å². The molecule has 0 bridgehead atoms. The van der Waals surface area contributed by atoms with Gasteiger partial charge in [0.05, 0.1) is 32.1 Å². The van der Waals surface area contributed by atoms with Crippen molar-refractivity contribution in [2.24, 2.45) is 0 Å². The molecule has 0 aromatic heterocycles. The van der Waals surface area contributed by atoms with E-state index in [0.717, 1.165) is 49.1 Å². The fourth-order valence-electron chi connectivity index (χ4n) is 10.2. The smallest absolute Gasteiger partial charge is 0.333 e. The Morgan fingerprint density at radius 1 is 0.452 bits per heavy atom. The van der Waals surface area contributed by atoms with Crippen LogP contribution in [0.15, 0.2) is 85.0 Å². The first-order valence-electron chi connectivity index (χ1n) is 27.1. The summed E-state index contributed by atoms with van der Waals surface area (Å²) in [5.41, 5.74) is 0.210. The SMILES string of the molecule is C=C(C)C(=O)OCCC[Si](C)(C)O[Si](C)(C)CC[Si](C)(C)OC(C)(C)[Si](OC(C)(C)C(C)(C)[Si](C)(C)OC(C)(C)[Si](C)(C)CC[Si](C)(C)O[Si](C)(C)CCCOC(=O)C(=C)C)(c1ccccc1)c1ccccc1. The van der Waals surface area contributed by atoms with Crippen LogP contribution in [0.25, 0.3) is 0 Å². The molecule has 0 spiro atoms. The highest BCUT2D eigenvalue weighted by Gasteiger charge is 2.63. The van der Waals surface area contributed by atoms with Gasteiger partial charge in [-0.05, 0) is 187 Å². The molecular formula is C56H106O9Si8. The Bertz CT molecular complexity index is 2090. The van der Waals surface area contributed by atoms with Gasteiger partial charge in [-0.25, -0.2) is 9.59 Å². The molecule has 9 nitrogen and oxygen atoms in total. The number of rotatable bonds is 32. The maximum Gasteiger partial charge on any atom is 0.333 e. The predicted molar refractivity (Wildman–Crippen MR) is 332 cm³/mol. The van der Waals surface area contributed by atoms with E-state index in [-0.39, 0.29) is 22.2 Å². The van der Waals surface area contributed by atoms with E-state index in [4.69, 9.17) is 31.0 Å². The van der Waals surface area contributed by atoms with Gasteiger partial charge >= 0.3 is 11.9 Å². The zero-order valence-corrected chi connectivity index (χ0v) is 58.9. The minimum absolute atomic E-state index is 0.315. The minimum atomic E-state index is -3.32. The third-order valence-corrected chi connectivity index (χ3v) is 49.3. The lowest BCUT2D eigenvalue weighted by molar-refractivity contribution is -0.139. The van der Waals surface area contributed by atoms with Crippen LogP contribution in [0.3, 0.4) is 0 Å². The number of hydrogen-bond acceptors (Lipinski definition) is 9. The van der Waals surface area contributed by atoms with Crippen LogP contribution < -0.4 is 10.4 Å². The Kier molecular flexibility index (Phi) is 23.5. The Labute approximate surface area is 455 Å². The van der Waals surface area contributed by atoms with E-state index in [1.165, 1.54) is 10.4 Å². The van der Waals surface area contributed by atoms with E-state index in [2.05, 4.69) is 221 Å². The summed E-state index contributed by atoms with van der Waals surface area (Å²) in [6, 6.07) is 28.0. The van der Waals surface area contributed by atoms with Crippen molar-refractivity contribution < 1.29 is 40.6 Å². The summed E-state index contributed by atoms with van der Waals surface area (Å²) in [5.74, 6) is -0.648. The third-order valence-electron chi connectivity index (χ3n) is 16.1. The van der Waals surface area contributed by atoms with E-state index in [9.17, 15) is 9.59 Å². The van der Waals surface area contributed by atoms with Gasteiger partial charge in [0.2, 0.25) is 0 Å². The maximum atomic E-state index is 12.0. The molecule has 2 aromatic rings. The van der Waals surface area contributed by atoms with E-state index >= 15 is 0 Å². The normalized spacial score (nSPS) is 14.2. The largest absolute Gasteiger partial charge is 0.462 e. The molecule has 0 aliphatic rings. The lowest BCUT2D eigenvalue weighted by Crippen LogP contribution is -2.78. The second-order valence-corrected chi connectivity index (χ2v) is 63.1. The fraction of sp³-hybridized carbons (Fsp3) is 0.679. The van der Waals surface area contributed by atoms with Crippen LogP contribution >= 0.6 is 0 Å². The van der Waals surface area contributed by atoms with Gasteiger partial charge in [0.1, 0.15) is 0 Å². The van der Waals surface area contributed by atoms with Crippen molar-refractivity contribution in [3.63, 3.8) is 0 Å². The van der Waals surface area contributed by atoms with Gasteiger partial charge in [-0.1, -0.05) is 107 Å². The predicted octanol–water partition coefficient (Wildman–Crippen LogP) is 15.0.